The fraction of sp³-hybridized carbons (Fsp3) is 0. The zero-order valence-corrected chi connectivity index (χ0v) is 10.2. The van der Waals surface area contributed by atoms with E-state index in [0.717, 1.165) is 0 Å². The van der Waals surface area contributed by atoms with Gasteiger partial charge in [0.05, 0.1) is 9.52 Å². The van der Waals surface area contributed by atoms with Crippen LogP contribution in [-0.2, 0) is 0 Å². The van der Waals surface area contributed by atoms with Crippen molar-refractivity contribution in [1.29, 1.82) is 0 Å². The summed E-state index contributed by atoms with van der Waals surface area (Å²) in [6.07, 6.45) is 0. The molecule has 0 unspecified atom stereocenters. The van der Waals surface area contributed by atoms with Crippen LogP contribution in [0.5, 0.6) is 0 Å². The Labute approximate surface area is 90.7 Å². The Morgan fingerprint density at radius 1 is 1.07 bits per heavy atom. The van der Waals surface area contributed by atoms with E-state index in [1.165, 1.54) is 15.3 Å². The molecule has 14 heavy (non-hydrogen) atoms. The van der Waals surface area contributed by atoms with Gasteiger partial charge >= 0.3 is 0 Å². The molecular formula is C12H12SSi. The molecule has 2 heteroatoms. The summed E-state index contributed by atoms with van der Waals surface area (Å²) in [4.78, 5) is 1.35. The third-order valence-corrected chi connectivity index (χ3v) is 5.05. The van der Waals surface area contributed by atoms with Crippen LogP contribution in [0.4, 0.5) is 0 Å². The Morgan fingerprint density at radius 3 is 2.50 bits per heavy atom. The van der Waals surface area contributed by atoms with Crippen molar-refractivity contribution >= 4 is 31.2 Å². The molecule has 0 aliphatic rings. The molecule has 2 rings (SSSR count). The number of rotatable bonds is 3. The molecule has 2 aromatic rings. The van der Waals surface area contributed by atoms with Gasteiger partial charge in [-0.1, -0.05) is 53.4 Å². The predicted octanol–water partition coefficient (Wildman–Crippen LogP) is 2.21. The van der Waals surface area contributed by atoms with Gasteiger partial charge in [-0.2, -0.15) is 0 Å². The van der Waals surface area contributed by atoms with Crippen molar-refractivity contribution < 1.29 is 0 Å². The lowest BCUT2D eigenvalue weighted by Gasteiger charge is -2.01. The Bertz CT molecular complexity index is 403. The molecule has 0 aliphatic carbocycles. The van der Waals surface area contributed by atoms with Crippen molar-refractivity contribution in [3.8, 4) is 0 Å². The summed E-state index contributed by atoms with van der Waals surface area (Å²) >= 11 is 1.79. The van der Waals surface area contributed by atoms with Crippen molar-refractivity contribution in [1.82, 2.24) is 0 Å². The van der Waals surface area contributed by atoms with Gasteiger partial charge in [0.25, 0.3) is 0 Å². The average Bonchev–Trinajstić information content (AvgIpc) is 2.72. The van der Waals surface area contributed by atoms with E-state index >= 15 is 0 Å². The van der Waals surface area contributed by atoms with Gasteiger partial charge in [-0.15, -0.1) is 11.3 Å². The predicted molar refractivity (Wildman–Crippen MR) is 68.0 cm³/mol. The lowest BCUT2D eigenvalue weighted by molar-refractivity contribution is 1.77. The minimum Gasteiger partial charge on any atom is -0.145 e. The smallest absolute Gasteiger partial charge is 0.0885 e. The first kappa shape index (κ1) is 9.43. The van der Waals surface area contributed by atoms with Crippen LogP contribution in [0.1, 0.15) is 4.88 Å². The van der Waals surface area contributed by atoms with E-state index in [1.807, 2.05) is 0 Å². The Hall–Kier alpha value is -1.12. The molecule has 1 heterocycles. The van der Waals surface area contributed by atoms with Crippen molar-refractivity contribution in [2.75, 3.05) is 0 Å². The molecule has 0 N–H and O–H groups in total. The molecule has 0 nitrogen and oxygen atoms in total. The lowest BCUT2D eigenvalue weighted by atomic mass is 10.4. The summed E-state index contributed by atoms with van der Waals surface area (Å²) in [5.41, 5.74) is 0. The molecule has 0 radical (unpaired) electrons. The third-order valence-electron chi connectivity index (χ3n) is 2.13. The minimum atomic E-state index is -0.340. The molecule has 0 saturated carbocycles. The summed E-state index contributed by atoms with van der Waals surface area (Å²) in [5, 5.41) is 4.91. The molecule has 1 aromatic carbocycles. The fourth-order valence-electron chi connectivity index (χ4n) is 1.41. The molecule has 0 aliphatic heterocycles. The molecule has 0 saturated heterocycles. The second kappa shape index (κ2) is 4.40. The van der Waals surface area contributed by atoms with E-state index in [0.29, 0.717) is 0 Å². The second-order valence-electron chi connectivity index (χ2n) is 3.24. The molecule has 0 spiro atoms. The van der Waals surface area contributed by atoms with Crippen LogP contribution in [-0.4, -0.2) is 9.52 Å². The monoisotopic (exact) mass is 216 g/mol. The van der Waals surface area contributed by atoms with Crippen LogP contribution >= 0.6 is 11.3 Å². The van der Waals surface area contributed by atoms with E-state index < -0.39 is 0 Å². The number of benzene rings is 1. The summed E-state index contributed by atoms with van der Waals surface area (Å²) in [7, 11) is -0.340. The molecule has 1 aromatic heterocycles. The maximum atomic E-state index is 4.16. The molecule has 0 fully saturated rings. The van der Waals surface area contributed by atoms with Gasteiger partial charge in [-0.05, 0) is 11.4 Å². The van der Waals surface area contributed by atoms with Gasteiger partial charge in [0.1, 0.15) is 0 Å². The van der Waals surface area contributed by atoms with Crippen LogP contribution < -0.4 is 5.19 Å². The van der Waals surface area contributed by atoms with Gasteiger partial charge < -0.3 is 0 Å². The first-order valence-electron chi connectivity index (χ1n) is 4.62. The van der Waals surface area contributed by atoms with E-state index in [1.54, 1.807) is 11.3 Å². The SMILES string of the molecule is C=C([SiH2]c1ccccc1)c1cccs1. The van der Waals surface area contributed by atoms with Crippen LogP contribution in [0.25, 0.3) is 5.20 Å². The van der Waals surface area contributed by atoms with Gasteiger partial charge in [-0.3, -0.25) is 0 Å². The first-order chi connectivity index (χ1) is 6.86. The van der Waals surface area contributed by atoms with E-state index in [-0.39, 0.29) is 9.52 Å². The summed E-state index contributed by atoms with van der Waals surface area (Å²) in [5.74, 6) is 0. The van der Waals surface area contributed by atoms with E-state index in [4.69, 9.17) is 0 Å². The Morgan fingerprint density at radius 2 is 1.86 bits per heavy atom. The maximum absolute atomic E-state index is 4.16. The van der Waals surface area contributed by atoms with Crippen LogP contribution in [0.2, 0.25) is 0 Å². The fourth-order valence-corrected chi connectivity index (χ4v) is 3.80. The minimum absolute atomic E-state index is 0.340. The highest BCUT2D eigenvalue weighted by Gasteiger charge is 2.01. The summed E-state index contributed by atoms with van der Waals surface area (Å²) < 4.78 is 0. The highest BCUT2D eigenvalue weighted by atomic mass is 32.1. The molecule has 0 bridgehead atoms. The third kappa shape index (κ3) is 2.22. The summed E-state index contributed by atoms with van der Waals surface area (Å²) in [6.45, 7) is 4.16. The first-order valence-corrected chi connectivity index (χ1v) is 6.91. The van der Waals surface area contributed by atoms with Crippen molar-refractivity contribution in [3.63, 3.8) is 0 Å². The van der Waals surface area contributed by atoms with Crippen LogP contribution in [0, 0.1) is 0 Å². The van der Waals surface area contributed by atoms with Gasteiger partial charge in [0.2, 0.25) is 0 Å². The Balaban J connectivity index is 2.10. The highest BCUT2D eigenvalue weighted by molar-refractivity contribution is 7.12. The van der Waals surface area contributed by atoms with Crippen LogP contribution in [0.15, 0.2) is 54.4 Å². The number of hydrogen-bond donors (Lipinski definition) is 0. The quantitative estimate of drug-likeness (QED) is 0.690. The normalized spacial score (nSPS) is 10.9. The standard InChI is InChI=1S/C12H12SSi/c1-10(12-8-5-9-13-12)14-11-6-3-2-4-7-11/h2-9H,1,14H2. The number of hydrogen-bond acceptors (Lipinski definition) is 1. The second-order valence-corrected chi connectivity index (χ2v) is 6.21. The molecule has 0 amide bonds. The van der Waals surface area contributed by atoms with Crippen molar-refractivity contribution in [2.45, 2.75) is 0 Å². The maximum Gasteiger partial charge on any atom is 0.0885 e. The molecular weight excluding hydrogens is 204 g/mol. The number of thiophene rings is 1. The van der Waals surface area contributed by atoms with E-state index in [9.17, 15) is 0 Å². The van der Waals surface area contributed by atoms with Crippen molar-refractivity contribution in [2.24, 2.45) is 0 Å². The summed E-state index contributed by atoms with van der Waals surface area (Å²) in [6, 6.07) is 14.9. The van der Waals surface area contributed by atoms with Crippen LogP contribution in [0.3, 0.4) is 0 Å². The largest absolute Gasteiger partial charge is 0.145 e. The Kier molecular flexibility index (Phi) is 2.96. The average molecular weight is 216 g/mol. The molecule has 70 valence electrons. The topological polar surface area (TPSA) is 0 Å². The van der Waals surface area contributed by atoms with Gasteiger partial charge in [0.15, 0.2) is 0 Å². The molecule has 0 atom stereocenters. The zero-order valence-electron chi connectivity index (χ0n) is 7.94. The van der Waals surface area contributed by atoms with Gasteiger partial charge in [-0.25, -0.2) is 0 Å². The van der Waals surface area contributed by atoms with Gasteiger partial charge in [0, 0.05) is 4.88 Å². The zero-order chi connectivity index (χ0) is 9.80. The lowest BCUT2D eigenvalue weighted by Crippen LogP contribution is -2.13. The van der Waals surface area contributed by atoms with E-state index in [2.05, 4.69) is 54.4 Å². The highest BCUT2D eigenvalue weighted by Crippen LogP contribution is 2.16. The van der Waals surface area contributed by atoms with Crippen molar-refractivity contribution in [3.05, 3.63) is 59.3 Å².